The number of H-pyrrole nitrogens is 1. The topological polar surface area (TPSA) is 36.0 Å². The van der Waals surface area contributed by atoms with Crippen molar-refractivity contribution < 1.29 is 5.11 Å². The summed E-state index contributed by atoms with van der Waals surface area (Å²) in [7, 11) is 0. The molecule has 1 aromatic carbocycles. The molecule has 13 heavy (non-hydrogen) atoms. The maximum absolute atomic E-state index is 9.39. The van der Waals surface area contributed by atoms with Gasteiger partial charge < -0.3 is 10.1 Å². The highest BCUT2D eigenvalue weighted by molar-refractivity contribution is 9.10. The Hall–Kier alpha value is -0.800. The summed E-state index contributed by atoms with van der Waals surface area (Å²) in [5, 5.41) is 10.5. The highest BCUT2D eigenvalue weighted by Crippen LogP contribution is 2.26. The largest absolute Gasteiger partial charge is 0.389 e. The lowest BCUT2D eigenvalue weighted by atomic mass is 10.1. The quantitative estimate of drug-likeness (QED) is 0.789. The van der Waals surface area contributed by atoms with E-state index in [1.54, 1.807) is 6.92 Å². The van der Waals surface area contributed by atoms with Crippen LogP contribution in [0.5, 0.6) is 0 Å². The Balaban J connectivity index is 2.66. The summed E-state index contributed by atoms with van der Waals surface area (Å²) in [5.74, 6) is 0. The van der Waals surface area contributed by atoms with Crippen LogP contribution in [0.4, 0.5) is 0 Å². The number of aliphatic hydroxyl groups is 1. The van der Waals surface area contributed by atoms with Crippen molar-refractivity contribution in [3.05, 3.63) is 34.4 Å². The van der Waals surface area contributed by atoms with Crippen LogP contribution in [-0.4, -0.2) is 10.1 Å². The molecule has 1 aromatic heterocycles. The summed E-state index contributed by atoms with van der Waals surface area (Å²) in [4.78, 5) is 3.13. The van der Waals surface area contributed by atoms with E-state index in [4.69, 9.17) is 0 Å². The SMILES string of the molecule is CC(O)c1ccc2[nH]cc(Br)c2c1. The Bertz CT molecular complexity index is 433. The molecule has 0 aliphatic rings. The van der Waals surface area contributed by atoms with Crippen molar-refractivity contribution in [3.8, 4) is 0 Å². The molecule has 0 bridgehead atoms. The van der Waals surface area contributed by atoms with E-state index in [-0.39, 0.29) is 0 Å². The Morgan fingerprint density at radius 1 is 1.46 bits per heavy atom. The molecular weight excluding hydrogens is 230 g/mol. The first-order chi connectivity index (χ1) is 6.18. The van der Waals surface area contributed by atoms with Crippen LogP contribution in [0.1, 0.15) is 18.6 Å². The predicted molar refractivity (Wildman–Crippen MR) is 56.6 cm³/mol. The number of halogens is 1. The number of rotatable bonds is 1. The normalized spacial score (nSPS) is 13.5. The first-order valence-corrected chi connectivity index (χ1v) is 4.92. The van der Waals surface area contributed by atoms with Gasteiger partial charge in [-0.3, -0.25) is 0 Å². The summed E-state index contributed by atoms with van der Waals surface area (Å²) in [6, 6.07) is 5.89. The van der Waals surface area contributed by atoms with E-state index in [9.17, 15) is 5.11 Å². The van der Waals surface area contributed by atoms with Crippen LogP contribution in [0.25, 0.3) is 10.9 Å². The van der Waals surface area contributed by atoms with Crippen molar-refractivity contribution in [2.45, 2.75) is 13.0 Å². The van der Waals surface area contributed by atoms with Crippen LogP contribution in [0.15, 0.2) is 28.9 Å². The van der Waals surface area contributed by atoms with Crippen molar-refractivity contribution in [1.82, 2.24) is 4.98 Å². The lowest BCUT2D eigenvalue weighted by Gasteiger charge is -2.03. The van der Waals surface area contributed by atoms with E-state index in [2.05, 4.69) is 20.9 Å². The minimum atomic E-state index is -0.411. The monoisotopic (exact) mass is 239 g/mol. The van der Waals surface area contributed by atoms with Crippen LogP contribution < -0.4 is 0 Å². The summed E-state index contributed by atoms with van der Waals surface area (Å²) < 4.78 is 1.03. The van der Waals surface area contributed by atoms with E-state index in [0.29, 0.717) is 0 Å². The van der Waals surface area contributed by atoms with Gasteiger partial charge in [-0.25, -0.2) is 0 Å². The highest BCUT2D eigenvalue weighted by Gasteiger charge is 2.04. The Morgan fingerprint density at radius 2 is 2.23 bits per heavy atom. The molecule has 68 valence electrons. The molecule has 1 unspecified atom stereocenters. The molecule has 0 aliphatic carbocycles. The van der Waals surface area contributed by atoms with E-state index in [1.807, 2.05) is 24.4 Å². The molecule has 2 N–H and O–H groups in total. The molecule has 0 aliphatic heterocycles. The number of nitrogens with one attached hydrogen (secondary N) is 1. The second-order valence-electron chi connectivity index (χ2n) is 3.12. The van der Waals surface area contributed by atoms with E-state index in [1.165, 1.54) is 0 Å². The zero-order chi connectivity index (χ0) is 9.42. The molecule has 1 heterocycles. The van der Waals surface area contributed by atoms with Gasteiger partial charge in [0, 0.05) is 21.6 Å². The van der Waals surface area contributed by atoms with Crippen molar-refractivity contribution in [3.63, 3.8) is 0 Å². The number of hydrogen-bond donors (Lipinski definition) is 2. The van der Waals surface area contributed by atoms with Crippen LogP contribution in [0.3, 0.4) is 0 Å². The molecular formula is C10H10BrNO. The van der Waals surface area contributed by atoms with Gasteiger partial charge in [-0.1, -0.05) is 6.07 Å². The molecule has 0 radical (unpaired) electrons. The van der Waals surface area contributed by atoms with Gasteiger partial charge in [0.2, 0.25) is 0 Å². The average Bonchev–Trinajstić information content (AvgIpc) is 2.47. The molecule has 0 saturated heterocycles. The van der Waals surface area contributed by atoms with Gasteiger partial charge >= 0.3 is 0 Å². The van der Waals surface area contributed by atoms with Gasteiger partial charge in [-0.2, -0.15) is 0 Å². The number of aromatic amines is 1. The third-order valence-electron chi connectivity index (χ3n) is 2.14. The molecule has 1 atom stereocenters. The first-order valence-electron chi connectivity index (χ1n) is 4.13. The summed E-state index contributed by atoms with van der Waals surface area (Å²) in [6.45, 7) is 1.77. The highest BCUT2D eigenvalue weighted by atomic mass is 79.9. The molecule has 2 nitrogen and oxygen atoms in total. The summed E-state index contributed by atoms with van der Waals surface area (Å²) >= 11 is 3.44. The number of aromatic nitrogens is 1. The molecule has 0 amide bonds. The molecule has 0 saturated carbocycles. The van der Waals surface area contributed by atoms with Gasteiger partial charge in [0.15, 0.2) is 0 Å². The van der Waals surface area contributed by atoms with Crippen molar-refractivity contribution in [1.29, 1.82) is 0 Å². The lowest BCUT2D eigenvalue weighted by Crippen LogP contribution is -1.89. The van der Waals surface area contributed by atoms with Gasteiger partial charge in [0.25, 0.3) is 0 Å². The number of fused-ring (bicyclic) bond motifs is 1. The average molecular weight is 240 g/mol. The first kappa shape index (κ1) is 8.78. The smallest absolute Gasteiger partial charge is 0.0762 e. The third-order valence-corrected chi connectivity index (χ3v) is 2.79. The van der Waals surface area contributed by atoms with Gasteiger partial charge in [0.05, 0.1) is 6.10 Å². The van der Waals surface area contributed by atoms with Crippen LogP contribution in [-0.2, 0) is 0 Å². The van der Waals surface area contributed by atoms with Crippen LogP contribution >= 0.6 is 15.9 Å². The second-order valence-corrected chi connectivity index (χ2v) is 3.97. The number of benzene rings is 1. The van der Waals surface area contributed by atoms with E-state index < -0.39 is 6.10 Å². The third kappa shape index (κ3) is 1.49. The molecule has 2 aromatic rings. The Kier molecular flexibility index (Phi) is 2.14. The number of aliphatic hydroxyl groups excluding tert-OH is 1. The van der Waals surface area contributed by atoms with Gasteiger partial charge in [-0.15, -0.1) is 0 Å². The van der Waals surface area contributed by atoms with Crippen LogP contribution in [0, 0.1) is 0 Å². The number of hydrogen-bond acceptors (Lipinski definition) is 1. The summed E-state index contributed by atoms with van der Waals surface area (Å²) in [6.07, 6.45) is 1.49. The fourth-order valence-corrected chi connectivity index (χ4v) is 1.81. The lowest BCUT2D eigenvalue weighted by molar-refractivity contribution is 0.199. The molecule has 3 heteroatoms. The van der Waals surface area contributed by atoms with Gasteiger partial charge in [-0.05, 0) is 40.5 Å². The van der Waals surface area contributed by atoms with Crippen LogP contribution in [0.2, 0.25) is 0 Å². The molecule has 0 fully saturated rings. The molecule has 0 spiro atoms. The Labute approximate surface area is 84.7 Å². The van der Waals surface area contributed by atoms with Crippen molar-refractivity contribution >= 4 is 26.8 Å². The van der Waals surface area contributed by atoms with Crippen molar-refractivity contribution in [2.24, 2.45) is 0 Å². The van der Waals surface area contributed by atoms with E-state index >= 15 is 0 Å². The maximum atomic E-state index is 9.39. The fraction of sp³-hybridized carbons (Fsp3) is 0.200. The molecule has 2 rings (SSSR count). The minimum absolute atomic E-state index is 0.411. The standard InChI is InChI=1S/C10H10BrNO/c1-6(13)7-2-3-10-8(4-7)9(11)5-12-10/h2-6,12-13H,1H3. The predicted octanol–water partition coefficient (Wildman–Crippen LogP) is 2.98. The van der Waals surface area contributed by atoms with Gasteiger partial charge in [0.1, 0.15) is 0 Å². The van der Waals surface area contributed by atoms with Crippen molar-refractivity contribution in [2.75, 3.05) is 0 Å². The maximum Gasteiger partial charge on any atom is 0.0762 e. The zero-order valence-electron chi connectivity index (χ0n) is 7.21. The minimum Gasteiger partial charge on any atom is -0.389 e. The zero-order valence-corrected chi connectivity index (χ0v) is 8.80. The fourth-order valence-electron chi connectivity index (χ4n) is 1.36. The van der Waals surface area contributed by atoms with E-state index in [0.717, 1.165) is 20.9 Å². The second kappa shape index (κ2) is 3.16. The Morgan fingerprint density at radius 3 is 2.92 bits per heavy atom. The summed E-state index contributed by atoms with van der Waals surface area (Å²) in [5.41, 5.74) is 2.02.